The monoisotopic (exact) mass is 467 g/mol. The van der Waals surface area contributed by atoms with Gasteiger partial charge in [0.05, 0.1) is 29.1 Å². The second-order valence-corrected chi connectivity index (χ2v) is 8.46. The van der Waals surface area contributed by atoms with Crippen LogP contribution in [-0.2, 0) is 4.74 Å². The topological polar surface area (TPSA) is 93.0 Å². The molecular weight excluding hydrogens is 437 g/mol. The van der Waals surface area contributed by atoms with Crippen molar-refractivity contribution in [3.8, 4) is 5.75 Å². The van der Waals surface area contributed by atoms with Crippen LogP contribution >= 0.6 is 0 Å². The van der Waals surface area contributed by atoms with Crippen molar-refractivity contribution in [2.75, 3.05) is 63.8 Å². The molecule has 1 aromatic heterocycles. The molecule has 0 radical (unpaired) electrons. The summed E-state index contributed by atoms with van der Waals surface area (Å²) in [7, 11) is 3.71. The highest BCUT2D eigenvalue weighted by Gasteiger charge is 2.24. The van der Waals surface area contributed by atoms with Crippen molar-refractivity contribution >= 4 is 33.9 Å². The highest BCUT2D eigenvalue weighted by molar-refractivity contribution is 6.10. The highest BCUT2D eigenvalue weighted by atomic mass is 19.1. The Balaban J connectivity index is 1.88. The first-order valence-corrected chi connectivity index (χ1v) is 11.2. The van der Waals surface area contributed by atoms with E-state index in [2.05, 4.69) is 27.1 Å². The maximum absolute atomic E-state index is 14.6. The van der Waals surface area contributed by atoms with Crippen LogP contribution in [0.2, 0.25) is 0 Å². The van der Waals surface area contributed by atoms with Crippen molar-refractivity contribution in [2.24, 2.45) is 5.73 Å². The predicted octanol–water partition coefficient (Wildman–Crippen LogP) is 3.30. The third-order valence-electron chi connectivity index (χ3n) is 5.99. The van der Waals surface area contributed by atoms with Gasteiger partial charge < -0.3 is 30.3 Å². The number of aryl methyl sites for hydroxylation is 1. The van der Waals surface area contributed by atoms with Crippen molar-refractivity contribution in [3.63, 3.8) is 0 Å². The summed E-state index contributed by atoms with van der Waals surface area (Å²) in [4.78, 5) is 21.4. The summed E-state index contributed by atoms with van der Waals surface area (Å²) in [5.74, 6) is -0.391. The van der Waals surface area contributed by atoms with Gasteiger partial charge in [0, 0.05) is 44.9 Å². The Morgan fingerprint density at radius 1 is 1.18 bits per heavy atom. The number of carbonyl (C=O) groups is 1. The first-order chi connectivity index (χ1) is 16.4. The molecule has 1 aliphatic heterocycles. The molecule has 0 bridgehead atoms. The van der Waals surface area contributed by atoms with Gasteiger partial charge in [0.25, 0.3) is 5.91 Å². The molecule has 1 saturated heterocycles. The van der Waals surface area contributed by atoms with E-state index in [1.807, 2.05) is 19.1 Å². The summed E-state index contributed by atoms with van der Waals surface area (Å²) in [6.07, 6.45) is 1.44. The van der Waals surface area contributed by atoms with Gasteiger partial charge >= 0.3 is 0 Å². The number of aromatic nitrogens is 1. The first kappa shape index (κ1) is 23.7. The minimum absolute atomic E-state index is 0.186. The summed E-state index contributed by atoms with van der Waals surface area (Å²) < 4.78 is 25.8. The van der Waals surface area contributed by atoms with Crippen molar-refractivity contribution in [1.82, 2.24) is 9.88 Å². The molecule has 0 aliphatic carbocycles. The Kier molecular flexibility index (Phi) is 7.14. The number of hydrogen-bond acceptors (Lipinski definition) is 7. The number of nitrogens with two attached hydrogens (primary N) is 1. The number of ether oxygens (including phenoxy) is 2. The number of anilines is 3. The number of rotatable bonds is 8. The van der Waals surface area contributed by atoms with Gasteiger partial charge in [0.2, 0.25) is 0 Å². The van der Waals surface area contributed by atoms with Gasteiger partial charge in [-0.05, 0) is 43.8 Å². The number of methoxy groups -OCH3 is 1. The minimum Gasteiger partial charge on any atom is -0.489 e. The van der Waals surface area contributed by atoms with Crippen LogP contribution in [0.15, 0.2) is 36.5 Å². The Labute approximate surface area is 198 Å². The molecule has 2 aromatic carbocycles. The van der Waals surface area contributed by atoms with Gasteiger partial charge in [-0.1, -0.05) is 6.07 Å². The van der Waals surface area contributed by atoms with Gasteiger partial charge in [0.1, 0.15) is 23.9 Å². The zero-order valence-corrected chi connectivity index (χ0v) is 19.7. The lowest BCUT2D eigenvalue weighted by Gasteiger charge is -2.35. The number of amides is 1. The summed E-state index contributed by atoms with van der Waals surface area (Å²) in [5.41, 5.74) is 8.91. The van der Waals surface area contributed by atoms with E-state index >= 15 is 0 Å². The Hall–Kier alpha value is -3.43. The summed E-state index contributed by atoms with van der Waals surface area (Å²) in [6.45, 7) is 6.10. The number of nitrogens with zero attached hydrogens (tertiary/aromatic N) is 3. The quantitative estimate of drug-likeness (QED) is 0.491. The van der Waals surface area contributed by atoms with Gasteiger partial charge in [0.15, 0.2) is 0 Å². The lowest BCUT2D eigenvalue weighted by Crippen LogP contribution is -2.44. The molecule has 180 valence electrons. The first-order valence-electron chi connectivity index (χ1n) is 11.2. The van der Waals surface area contributed by atoms with Gasteiger partial charge in [-0.3, -0.25) is 9.78 Å². The molecule has 9 heteroatoms. The van der Waals surface area contributed by atoms with Crippen LogP contribution in [-0.4, -0.2) is 69.3 Å². The fourth-order valence-corrected chi connectivity index (χ4v) is 4.11. The predicted molar refractivity (Wildman–Crippen MR) is 132 cm³/mol. The number of benzene rings is 2. The molecule has 0 spiro atoms. The molecule has 2 heterocycles. The van der Waals surface area contributed by atoms with E-state index in [1.54, 1.807) is 19.2 Å². The zero-order chi connectivity index (χ0) is 24.2. The summed E-state index contributed by atoms with van der Waals surface area (Å²) >= 11 is 0. The minimum atomic E-state index is -0.647. The molecule has 8 nitrogen and oxygen atoms in total. The van der Waals surface area contributed by atoms with Crippen molar-refractivity contribution in [3.05, 3.63) is 53.5 Å². The Morgan fingerprint density at radius 3 is 2.65 bits per heavy atom. The molecule has 1 amide bonds. The average Bonchev–Trinajstić information content (AvgIpc) is 2.82. The van der Waals surface area contributed by atoms with E-state index < -0.39 is 11.7 Å². The van der Waals surface area contributed by atoms with E-state index in [-0.39, 0.29) is 11.3 Å². The lowest BCUT2D eigenvalue weighted by atomic mass is 10.0. The van der Waals surface area contributed by atoms with Gasteiger partial charge in [-0.15, -0.1) is 0 Å². The molecule has 0 unspecified atom stereocenters. The van der Waals surface area contributed by atoms with Gasteiger partial charge in [-0.2, -0.15) is 0 Å². The zero-order valence-electron chi connectivity index (χ0n) is 19.7. The molecule has 3 aromatic rings. The van der Waals surface area contributed by atoms with Crippen LogP contribution in [0.1, 0.15) is 15.9 Å². The van der Waals surface area contributed by atoms with Crippen LogP contribution in [0.25, 0.3) is 10.9 Å². The summed E-state index contributed by atoms with van der Waals surface area (Å²) in [5, 5.41) is 3.77. The second-order valence-electron chi connectivity index (χ2n) is 8.46. The fourth-order valence-electron chi connectivity index (χ4n) is 4.11. The lowest BCUT2D eigenvalue weighted by molar-refractivity contribution is 0.100. The third-order valence-corrected chi connectivity index (χ3v) is 5.99. The number of halogens is 1. The summed E-state index contributed by atoms with van der Waals surface area (Å²) in [6, 6.07) is 8.45. The number of fused-ring (bicyclic) bond motifs is 1. The normalized spacial score (nSPS) is 14.4. The number of piperazine rings is 1. The molecule has 1 fully saturated rings. The highest BCUT2D eigenvalue weighted by Crippen LogP contribution is 2.40. The van der Waals surface area contributed by atoms with E-state index in [0.717, 1.165) is 37.4 Å². The van der Waals surface area contributed by atoms with Crippen LogP contribution < -0.4 is 20.7 Å². The van der Waals surface area contributed by atoms with E-state index in [0.29, 0.717) is 35.6 Å². The molecule has 4 rings (SSSR count). The van der Waals surface area contributed by atoms with E-state index in [1.165, 1.54) is 12.3 Å². The van der Waals surface area contributed by atoms with Crippen LogP contribution in [0.3, 0.4) is 0 Å². The smallest absolute Gasteiger partial charge is 0.252 e. The molecule has 1 aliphatic rings. The maximum atomic E-state index is 14.6. The molecule has 34 heavy (non-hydrogen) atoms. The van der Waals surface area contributed by atoms with Crippen molar-refractivity contribution < 1.29 is 18.7 Å². The largest absolute Gasteiger partial charge is 0.489 e. The van der Waals surface area contributed by atoms with E-state index in [4.69, 9.17) is 15.2 Å². The second kappa shape index (κ2) is 10.2. The number of hydrogen-bond donors (Lipinski definition) is 2. The molecular formula is C25H30FN5O3. The maximum Gasteiger partial charge on any atom is 0.252 e. The SMILES string of the molecule is COCCOc1ccc2c(Nc3cc(C)ccc3F)c(C(N)=O)cnc2c1N1CCN(C)CC1. The number of primary amides is 1. The molecule has 0 atom stereocenters. The third kappa shape index (κ3) is 4.90. The van der Waals surface area contributed by atoms with E-state index in [9.17, 15) is 9.18 Å². The molecule has 0 saturated carbocycles. The number of nitrogens with one attached hydrogen (secondary N) is 1. The van der Waals surface area contributed by atoms with Crippen LogP contribution in [0.4, 0.5) is 21.5 Å². The van der Waals surface area contributed by atoms with Crippen LogP contribution in [0, 0.1) is 12.7 Å². The van der Waals surface area contributed by atoms with Crippen LogP contribution in [0.5, 0.6) is 5.75 Å². The van der Waals surface area contributed by atoms with Crippen molar-refractivity contribution in [2.45, 2.75) is 6.92 Å². The average molecular weight is 468 g/mol. The standard InChI is InChI=1S/C25H30FN5O3/c1-16-4-6-19(26)20(14-16)29-22-17-5-7-21(34-13-12-33-3)24(31-10-8-30(2)9-11-31)23(17)28-15-18(22)25(27)32/h4-7,14-15H,8-13H2,1-3H3,(H2,27,32)(H,28,29). The fraction of sp³-hybridized carbons (Fsp3) is 0.360. The number of pyridine rings is 1. The van der Waals surface area contributed by atoms with Gasteiger partial charge in [-0.25, -0.2) is 4.39 Å². The Bertz CT molecular complexity index is 1190. The Morgan fingerprint density at radius 2 is 1.94 bits per heavy atom. The van der Waals surface area contributed by atoms with Crippen molar-refractivity contribution in [1.29, 1.82) is 0 Å². The number of carbonyl (C=O) groups excluding carboxylic acids is 1. The molecule has 3 N–H and O–H groups in total. The number of likely N-dealkylation sites (N-methyl/N-ethyl adjacent to an activating group) is 1.